The number of esters is 1. The Bertz CT molecular complexity index is 837. The van der Waals surface area contributed by atoms with Gasteiger partial charge in [0.25, 0.3) is 0 Å². The molecule has 9 heteroatoms. The molecule has 1 heterocycles. The van der Waals surface area contributed by atoms with Crippen LogP contribution >= 0.6 is 11.6 Å². The van der Waals surface area contributed by atoms with E-state index in [1.165, 1.54) is 26.4 Å². The third-order valence-corrected chi connectivity index (χ3v) is 3.32. The number of nitrogens with zero attached hydrogens (tertiary/aromatic N) is 1. The molecule has 0 aliphatic heterocycles. The first-order chi connectivity index (χ1) is 12.3. The van der Waals surface area contributed by atoms with Crippen LogP contribution in [0.5, 0.6) is 11.6 Å². The van der Waals surface area contributed by atoms with Gasteiger partial charge in [0.15, 0.2) is 0 Å². The molecular weight excluding hydrogens is 375 g/mol. The van der Waals surface area contributed by atoms with Crippen molar-refractivity contribution in [2.24, 2.45) is 0 Å². The highest BCUT2D eigenvalue weighted by atomic mass is 35.5. The molecule has 2 aromatic rings. The third-order valence-electron chi connectivity index (χ3n) is 3.13. The average Bonchev–Trinajstić information content (AvgIpc) is 2.58. The summed E-state index contributed by atoms with van der Waals surface area (Å²) in [5.41, 5.74) is -0.745. The summed E-state index contributed by atoms with van der Waals surface area (Å²) in [5, 5.41) is -0.382. The van der Waals surface area contributed by atoms with Gasteiger partial charge in [-0.1, -0.05) is 29.8 Å². The topological polar surface area (TPSA) is 57.7 Å². The molecular formula is C17H13ClF3NO4. The Morgan fingerprint density at radius 1 is 1.19 bits per heavy atom. The second kappa shape index (κ2) is 8.09. The second-order valence-corrected chi connectivity index (χ2v) is 5.26. The lowest BCUT2D eigenvalue weighted by Gasteiger charge is -2.13. The molecule has 1 aromatic carbocycles. The molecule has 0 N–H and O–H groups in total. The number of carbonyl (C=O) groups is 1. The first-order valence-electron chi connectivity index (χ1n) is 7.09. The van der Waals surface area contributed by atoms with Crippen LogP contribution in [0.25, 0.3) is 5.57 Å². The van der Waals surface area contributed by atoms with E-state index >= 15 is 0 Å². The van der Waals surface area contributed by atoms with Gasteiger partial charge in [-0.05, 0) is 12.1 Å². The number of alkyl halides is 3. The second-order valence-electron chi connectivity index (χ2n) is 4.87. The van der Waals surface area contributed by atoms with Gasteiger partial charge < -0.3 is 14.2 Å². The monoisotopic (exact) mass is 387 g/mol. The Kier molecular flexibility index (Phi) is 6.10. The Balaban J connectivity index is 2.48. The van der Waals surface area contributed by atoms with Crippen molar-refractivity contribution in [3.63, 3.8) is 0 Å². The fourth-order valence-corrected chi connectivity index (χ4v) is 2.23. The highest BCUT2D eigenvalue weighted by Crippen LogP contribution is 2.35. The van der Waals surface area contributed by atoms with E-state index in [1.54, 1.807) is 12.1 Å². The van der Waals surface area contributed by atoms with Gasteiger partial charge in [0.2, 0.25) is 5.88 Å². The van der Waals surface area contributed by atoms with Crippen LogP contribution in [0.3, 0.4) is 0 Å². The Labute approximate surface area is 152 Å². The van der Waals surface area contributed by atoms with Crippen LogP contribution in [-0.4, -0.2) is 25.2 Å². The lowest BCUT2D eigenvalue weighted by molar-refractivity contribution is -0.137. The molecule has 0 amide bonds. The van der Waals surface area contributed by atoms with Crippen molar-refractivity contribution in [1.82, 2.24) is 4.98 Å². The zero-order valence-electron chi connectivity index (χ0n) is 13.6. The number of carbonyl (C=O) groups excluding carboxylic acids is 1. The number of para-hydroxylation sites is 1. The van der Waals surface area contributed by atoms with Gasteiger partial charge in [0.05, 0.1) is 26.0 Å². The number of hydrogen-bond acceptors (Lipinski definition) is 5. The number of methoxy groups -OCH3 is 2. The van der Waals surface area contributed by atoms with Crippen molar-refractivity contribution in [3.8, 4) is 11.6 Å². The van der Waals surface area contributed by atoms with E-state index < -0.39 is 17.7 Å². The number of ether oxygens (including phenoxy) is 3. The lowest BCUT2D eigenvalue weighted by Crippen LogP contribution is -2.07. The van der Waals surface area contributed by atoms with Crippen molar-refractivity contribution >= 4 is 23.1 Å². The number of aromatic nitrogens is 1. The smallest absolute Gasteiger partial charge is 0.416 e. The van der Waals surface area contributed by atoms with E-state index in [2.05, 4.69) is 9.72 Å². The molecule has 0 aliphatic rings. The standard InChI is InChI=1S/C17H13ClF3NO4/c1-24-9-12(16(23)25-2)11-5-3-4-6-13(11)26-15-8-10(17(19,20)21)7-14(18)22-15/h3-9H,1-2H3/b12-9+. The van der Waals surface area contributed by atoms with Crippen molar-refractivity contribution in [1.29, 1.82) is 0 Å². The molecule has 1 aromatic heterocycles. The van der Waals surface area contributed by atoms with Gasteiger partial charge >= 0.3 is 12.1 Å². The van der Waals surface area contributed by atoms with E-state index in [9.17, 15) is 18.0 Å². The molecule has 0 aliphatic carbocycles. The largest absolute Gasteiger partial charge is 0.503 e. The van der Waals surface area contributed by atoms with Gasteiger partial charge in [-0.25, -0.2) is 9.78 Å². The van der Waals surface area contributed by atoms with Crippen molar-refractivity contribution < 1.29 is 32.2 Å². The van der Waals surface area contributed by atoms with Crippen LogP contribution in [0.4, 0.5) is 13.2 Å². The molecule has 0 radical (unpaired) electrons. The fraction of sp³-hybridized carbons (Fsp3) is 0.176. The minimum atomic E-state index is -4.61. The van der Waals surface area contributed by atoms with Crippen LogP contribution in [0.2, 0.25) is 5.15 Å². The van der Waals surface area contributed by atoms with Gasteiger partial charge in [-0.2, -0.15) is 13.2 Å². The molecule has 5 nitrogen and oxygen atoms in total. The molecule has 0 bridgehead atoms. The molecule has 138 valence electrons. The van der Waals surface area contributed by atoms with E-state index in [0.29, 0.717) is 12.1 Å². The molecule has 0 unspecified atom stereocenters. The maximum absolute atomic E-state index is 12.9. The average molecular weight is 388 g/mol. The van der Waals surface area contributed by atoms with Crippen LogP contribution in [0, 0.1) is 0 Å². The van der Waals surface area contributed by atoms with Gasteiger partial charge in [-0.15, -0.1) is 0 Å². The predicted octanol–water partition coefficient (Wildman–Crippen LogP) is 4.71. The predicted molar refractivity (Wildman–Crippen MR) is 87.8 cm³/mol. The SMILES string of the molecule is CO/C=C(/C(=O)OC)c1ccccc1Oc1cc(C(F)(F)F)cc(Cl)n1. The first-order valence-corrected chi connectivity index (χ1v) is 7.47. The Morgan fingerprint density at radius 3 is 2.50 bits per heavy atom. The van der Waals surface area contributed by atoms with E-state index in [-0.39, 0.29) is 27.9 Å². The van der Waals surface area contributed by atoms with Gasteiger partial charge in [0.1, 0.15) is 16.5 Å². The number of benzene rings is 1. The van der Waals surface area contributed by atoms with E-state index in [1.807, 2.05) is 0 Å². The quantitative estimate of drug-likeness (QED) is 0.322. The van der Waals surface area contributed by atoms with Crippen molar-refractivity contribution in [2.75, 3.05) is 14.2 Å². The van der Waals surface area contributed by atoms with Crippen molar-refractivity contribution in [3.05, 3.63) is 58.9 Å². The maximum atomic E-state index is 12.9. The summed E-state index contributed by atoms with van der Waals surface area (Å²) >= 11 is 5.65. The summed E-state index contributed by atoms with van der Waals surface area (Å²) in [7, 11) is 2.52. The summed E-state index contributed by atoms with van der Waals surface area (Å²) in [6, 6.07) is 7.56. The van der Waals surface area contributed by atoms with Gasteiger partial charge in [-0.3, -0.25) is 0 Å². The van der Waals surface area contributed by atoms with Crippen LogP contribution in [0.15, 0.2) is 42.7 Å². The van der Waals surface area contributed by atoms with E-state index in [4.69, 9.17) is 21.1 Å². The summed E-state index contributed by atoms with van der Waals surface area (Å²) in [4.78, 5) is 15.7. The number of pyridine rings is 1. The number of halogens is 4. The summed E-state index contributed by atoms with van der Waals surface area (Å²) < 4.78 is 53.7. The normalized spacial score (nSPS) is 11.8. The first kappa shape index (κ1) is 19.6. The third kappa shape index (κ3) is 4.66. The molecule has 0 spiro atoms. The minimum Gasteiger partial charge on any atom is -0.503 e. The van der Waals surface area contributed by atoms with Crippen molar-refractivity contribution in [2.45, 2.75) is 6.18 Å². The summed E-state index contributed by atoms with van der Waals surface area (Å²) in [5.74, 6) is -1.01. The zero-order chi connectivity index (χ0) is 19.3. The van der Waals surface area contributed by atoms with Gasteiger partial charge in [0, 0.05) is 11.6 Å². The number of hydrogen-bond donors (Lipinski definition) is 0. The molecule has 0 fully saturated rings. The Hall–Kier alpha value is -2.74. The zero-order valence-corrected chi connectivity index (χ0v) is 14.4. The molecule has 2 rings (SSSR count). The summed E-state index contributed by atoms with van der Waals surface area (Å²) in [6.45, 7) is 0. The summed E-state index contributed by atoms with van der Waals surface area (Å²) in [6.07, 6.45) is -3.47. The van der Waals surface area contributed by atoms with E-state index in [0.717, 1.165) is 6.26 Å². The number of rotatable bonds is 5. The highest BCUT2D eigenvalue weighted by molar-refractivity contribution is 6.29. The molecule has 0 atom stereocenters. The fourth-order valence-electron chi connectivity index (χ4n) is 2.03. The molecule has 0 saturated heterocycles. The molecule has 0 saturated carbocycles. The highest BCUT2D eigenvalue weighted by Gasteiger charge is 2.32. The minimum absolute atomic E-state index is 0.0173. The maximum Gasteiger partial charge on any atom is 0.416 e. The lowest BCUT2D eigenvalue weighted by atomic mass is 10.1. The molecule has 26 heavy (non-hydrogen) atoms. The Morgan fingerprint density at radius 2 is 1.88 bits per heavy atom. The van der Waals surface area contributed by atoms with Crippen LogP contribution in [0.1, 0.15) is 11.1 Å². The van der Waals surface area contributed by atoms with Crippen LogP contribution in [-0.2, 0) is 20.4 Å². The van der Waals surface area contributed by atoms with Crippen LogP contribution < -0.4 is 4.74 Å².